The van der Waals surface area contributed by atoms with E-state index in [9.17, 15) is 0 Å². The van der Waals surface area contributed by atoms with Crippen LogP contribution in [0.1, 0.15) is 73.1 Å². The van der Waals surface area contributed by atoms with Gasteiger partial charge in [-0.25, -0.2) is 0 Å². The van der Waals surface area contributed by atoms with Crippen LogP contribution < -0.4 is 5.73 Å². The molecule has 2 N–H and O–H groups in total. The topological polar surface area (TPSA) is 29.3 Å². The highest BCUT2D eigenvalue weighted by molar-refractivity contribution is 4.93. The van der Waals surface area contributed by atoms with Crippen LogP contribution in [0.2, 0.25) is 0 Å². The summed E-state index contributed by atoms with van der Waals surface area (Å²) in [4.78, 5) is 2.56. The van der Waals surface area contributed by atoms with Gasteiger partial charge in [-0.05, 0) is 51.0 Å². The van der Waals surface area contributed by atoms with Gasteiger partial charge >= 0.3 is 0 Å². The Morgan fingerprint density at radius 1 is 1.26 bits per heavy atom. The van der Waals surface area contributed by atoms with Gasteiger partial charge in [-0.1, -0.05) is 40.5 Å². The molecule has 2 heteroatoms. The average molecular weight is 268 g/mol. The summed E-state index contributed by atoms with van der Waals surface area (Å²) in [5, 5.41) is 0. The van der Waals surface area contributed by atoms with Crippen molar-refractivity contribution >= 4 is 0 Å². The molecule has 0 aliphatic heterocycles. The van der Waals surface area contributed by atoms with Crippen molar-refractivity contribution in [2.45, 2.75) is 91.3 Å². The van der Waals surface area contributed by atoms with Crippen molar-refractivity contribution in [2.24, 2.45) is 17.1 Å². The van der Waals surface area contributed by atoms with Crippen LogP contribution in [-0.4, -0.2) is 30.1 Å². The van der Waals surface area contributed by atoms with Crippen molar-refractivity contribution in [3.63, 3.8) is 0 Å². The smallest absolute Gasteiger partial charge is 0.0249 e. The third kappa shape index (κ3) is 4.19. The highest BCUT2D eigenvalue weighted by Crippen LogP contribution is 2.41. The second-order valence-corrected chi connectivity index (χ2v) is 7.39. The first-order valence-electron chi connectivity index (χ1n) is 8.31. The molecule has 0 aromatic rings. The lowest BCUT2D eigenvalue weighted by Gasteiger charge is -2.46. The molecule has 0 aromatic heterocycles. The molecule has 0 aromatic carbocycles. The highest BCUT2D eigenvalue weighted by atomic mass is 15.2. The van der Waals surface area contributed by atoms with Gasteiger partial charge in [0.1, 0.15) is 0 Å². The van der Waals surface area contributed by atoms with E-state index in [-0.39, 0.29) is 0 Å². The lowest BCUT2D eigenvalue weighted by molar-refractivity contribution is 0.0537. The summed E-state index contributed by atoms with van der Waals surface area (Å²) >= 11 is 0. The molecule has 4 atom stereocenters. The molecule has 2 nitrogen and oxygen atoms in total. The molecule has 0 heterocycles. The summed E-state index contributed by atoms with van der Waals surface area (Å²) in [7, 11) is 2.28. The molecule has 0 saturated heterocycles. The van der Waals surface area contributed by atoms with Gasteiger partial charge in [0.25, 0.3) is 0 Å². The fraction of sp³-hybridized carbons (Fsp3) is 1.00. The van der Waals surface area contributed by atoms with Gasteiger partial charge in [0.15, 0.2) is 0 Å². The van der Waals surface area contributed by atoms with Gasteiger partial charge in [-0.15, -0.1) is 0 Å². The van der Waals surface area contributed by atoms with E-state index >= 15 is 0 Å². The van der Waals surface area contributed by atoms with Crippen molar-refractivity contribution in [1.82, 2.24) is 4.90 Å². The molecular weight excluding hydrogens is 232 g/mol. The predicted molar refractivity (Wildman–Crippen MR) is 85.3 cm³/mol. The zero-order valence-corrected chi connectivity index (χ0v) is 14.1. The molecule has 1 aliphatic rings. The van der Waals surface area contributed by atoms with Gasteiger partial charge in [0.05, 0.1) is 0 Å². The van der Waals surface area contributed by atoms with E-state index in [1.807, 2.05) is 0 Å². The number of hydrogen-bond acceptors (Lipinski definition) is 2. The first-order chi connectivity index (χ1) is 8.83. The molecule has 1 aliphatic carbocycles. The Morgan fingerprint density at radius 3 is 2.42 bits per heavy atom. The fourth-order valence-electron chi connectivity index (χ4n) is 3.59. The summed E-state index contributed by atoms with van der Waals surface area (Å²) in [6.45, 7) is 11.8. The second-order valence-electron chi connectivity index (χ2n) is 7.39. The maximum atomic E-state index is 6.42. The molecule has 4 unspecified atom stereocenters. The summed E-state index contributed by atoms with van der Waals surface area (Å²) in [5.74, 6) is 0.832. The maximum Gasteiger partial charge on any atom is 0.0249 e. The lowest BCUT2D eigenvalue weighted by atomic mass is 9.67. The van der Waals surface area contributed by atoms with Crippen molar-refractivity contribution < 1.29 is 0 Å². The van der Waals surface area contributed by atoms with Gasteiger partial charge in [0.2, 0.25) is 0 Å². The van der Waals surface area contributed by atoms with Crippen LogP contribution in [0, 0.1) is 11.3 Å². The monoisotopic (exact) mass is 268 g/mol. The van der Waals surface area contributed by atoms with Crippen LogP contribution in [0.4, 0.5) is 0 Å². The van der Waals surface area contributed by atoms with E-state index in [2.05, 4.69) is 46.6 Å². The third-order valence-electron chi connectivity index (χ3n) is 5.81. The lowest BCUT2D eigenvalue weighted by Crippen LogP contribution is -2.53. The number of hydrogen-bond donors (Lipinski definition) is 1. The molecule has 114 valence electrons. The SMILES string of the molecule is CCCC(C)N(C)C1CC(C(C)(C)CC)CCC1N. The quantitative estimate of drug-likeness (QED) is 0.788. The molecule has 19 heavy (non-hydrogen) atoms. The Hall–Kier alpha value is -0.0800. The summed E-state index contributed by atoms with van der Waals surface area (Å²) in [5.41, 5.74) is 6.88. The second kappa shape index (κ2) is 7.08. The number of nitrogens with two attached hydrogens (primary N) is 1. The largest absolute Gasteiger partial charge is 0.326 e. The van der Waals surface area contributed by atoms with Crippen molar-refractivity contribution in [1.29, 1.82) is 0 Å². The number of nitrogens with zero attached hydrogens (tertiary/aromatic N) is 1. The van der Waals surface area contributed by atoms with Crippen molar-refractivity contribution in [3.8, 4) is 0 Å². The zero-order chi connectivity index (χ0) is 14.6. The van der Waals surface area contributed by atoms with Crippen LogP contribution in [-0.2, 0) is 0 Å². The van der Waals surface area contributed by atoms with E-state index in [0.29, 0.717) is 23.5 Å². The zero-order valence-electron chi connectivity index (χ0n) is 14.1. The van der Waals surface area contributed by atoms with Gasteiger partial charge < -0.3 is 5.73 Å². The average Bonchev–Trinajstić information content (AvgIpc) is 2.38. The highest BCUT2D eigenvalue weighted by Gasteiger charge is 2.38. The van der Waals surface area contributed by atoms with Gasteiger partial charge in [-0.2, -0.15) is 0 Å². The van der Waals surface area contributed by atoms with E-state index < -0.39 is 0 Å². The van der Waals surface area contributed by atoms with E-state index in [0.717, 1.165) is 5.92 Å². The first-order valence-corrected chi connectivity index (χ1v) is 8.31. The first kappa shape index (κ1) is 17.0. The van der Waals surface area contributed by atoms with Crippen LogP contribution in [0.15, 0.2) is 0 Å². The molecule has 0 spiro atoms. The Morgan fingerprint density at radius 2 is 1.89 bits per heavy atom. The van der Waals surface area contributed by atoms with Crippen LogP contribution in [0.3, 0.4) is 0 Å². The van der Waals surface area contributed by atoms with Crippen LogP contribution in [0.25, 0.3) is 0 Å². The maximum absolute atomic E-state index is 6.42. The molecular formula is C17H36N2. The molecule has 0 radical (unpaired) electrons. The predicted octanol–water partition coefficient (Wildman–Crippen LogP) is 4.04. The molecule has 0 amide bonds. The standard InChI is InChI=1S/C17H36N2/c1-7-9-13(3)19(6)16-12-14(10-11-15(16)18)17(4,5)8-2/h13-16H,7-12,18H2,1-6H3. The Labute approximate surface area is 121 Å². The minimum Gasteiger partial charge on any atom is -0.326 e. The molecule has 1 fully saturated rings. The molecule has 0 bridgehead atoms. The number of likely N-dealkylation sites (N-methyl/N-ethyl adjacent to an activating group) is 1. The van der Waals surface area contributed by atoms with Gasteiger partial charge in [0, 0.05) is 18.1 Å². The summed E-state index contributed by atoms with van der Waals surface area (Å²) < 4.78 is 0. The number of rotatable bonds is 6. The molecule has 1 saturated carbocycles. The van der Waals surface area contributed by atoms with E-state index in [1.165, 1.54) is 38.5 Å². The van der Waals surface area contributed by atoms with Crippen molar-refractivity contribution in [3.05, 3.63) is 0 Å². The molecule has 1 rings (SSSR count). The van der Waals surface area contributed by atoms with Gasteiger partial charge in [-0.3, -0.25) is 4.90 Å². The van der Waals surface area contributed by atoms with Crippen LogP contribution in [0.5, 0.6) is 0 Å². The summed E-state index contributed by atoms with van der Waals surface area (Å²) in [6.07, 6.45) is 7.61. The summed E-state index contributed by atoms with van der Waals surface area (Å²) in [6, 6.07) is 1.60. The van der Waals surface area contributed by atoms with Crippen molar-refractivity contribution in [2.75, 3.05) is 7.05 Å². The fourth-order valence-corrected chi connectivity index (χ4v) is 3.59. The minimum atomic E-state index is 0.369. The van der Waals surface area contributed by atoms with Crippen LogP contribution >= 0.6 is 0 Å². The normalized spacial score (nSPS) is 30.6. The minimum absolute atomic E-state index is 0.369. The van der Waals surface area contributed by atoms with E-state index in [1.54, 1.807) is 0 Å². The Kier molecular flexibility index (Phi) is 6.32. The Bertz CT molecular complexity index is 262. The van der Waals surface area contributed by atoms with E-state index in [4.69, 9.17) is 5.73 Å². The third-order valence-corrected chi connectivity index (χ3v) is 5.81. The Balaban J connectivity index is 2.70.